The molecule has 2 heterocycles. The lowest BCUT2D eigenvalue weighted by atomic mass is 9.96. The molecule has 8 heteroatoms. The average molecular weight is 392 g/mol. The highest BCUT2D eigenvalue weighted by Crippen LogP contribution is 2.27. The summed E-state index contributed by atoms with van der Waals surface area (Å²) in [4.78, 5) is 14.7. The fourth-order valence-corrected chi connectivity index (χ4v) is 3.44. The molecule has 1 saturated heterocycles. The zero-order valence-corrected chi connectivity index (χ0v) is 16.7. The molecular formula is C19H26ClN5O2. The van der Waals surface area contributed by atoms with Crippen LogP contribution in [0.1, 0.15) is 42.7 Å². The number of carbonyl (C=O) groups excluding carboxylic acids is 1. The van der Waals surface area contributed by atoms with E-state index < -0.39 is 5.54 Å². The third-order valence-corrected chi connectivity index (χ3v) is 5.17. The first-order chi connectivity index (χ1) is 12.8. The SMILES string of the molecule is COc1cc(Cl)ccc1C(=O)N1CCC(Cn2cc(C(C)(C)N)nn2)CC1. The number of methoxy groups -OCH3 is 1. The molecule has 0 aliphatic carbocycles. The molecule has 146 valence electrons. The highest BCUT2D eigenvalue weighted by Gasteiger charge is 2.26. The maximum Gasteiger partial charge on any atom is 0.257 e. The predicted octanol–water partition coefficient (Wildman–Crippen LogP) is 2.69. The molecule has 1 aliphatic heterocycles. The molecule has 1 aliphatic rings. The second-order valence-corrected chi connectivity index (χ2v) is 8.06. The Balaban J connectivity index is 1.59. The Bertz CT molecular complexity index is 807. The number of nitrogens with two attached hydrogens (primary N) is 1. The Kier molecular flexibility index (Phi) is 5.72. The number of aromatic nitrogens is 3. The normalized spacial score (nSPS) is 15.8. The van der Waals surface area contributed by atoms with Crippen LogP contribution >= 0.6 is 11.6 Å². The first-order valence-corrected chi connectivity index (χ1v) is 9.48. The van der Waals surface area contributed by atoms with E-state index in [9.17, 15) is 4.79 Å². The number of rotatable bonds is 5. The van der Waals surface area contributed by atoms with Gasteiger partial charge < -0.3 is 15.4 Å². The summed E-state index contributed by atoms with van der Waals surface area (Å²) in [6.45, 7) is 6.03. The maximum atomic E-state index is 12.8. The number of piperidine rings is 1. The minimum atomic E-state index is -0.494. The van der Waals surface area contributed by atoms with Gasteiger partial charge in [0.2, 0.25) is 0 Å². The smallest absolute Gasteiger partial charge is 0.257 e. The third-order valence-electron chi connectivity index (χ3n) is 4.94. The van der Waals surface area contributed by atoms with Crippen molar-refractivity contribution in [1.82, 2.24) is 19.9 Å². The molecule has 0 bridgehead atoms. The van der Waals surface area contributed by atoms with Crippen molar-refractivity contribution < 1.29 is 9.53 Å². The fourth-order valence-electron chi connectivity index (χ4n) is 3.28. The Morgan fingerprint density at radius 2 is 2.07 bits per heavy atom. The van der Waals surface area contributed by atoms with Gasteiger partial charge in [-0.1, -0.05) is 16.8 Å². The summed E-state index contributed by atoms with van der Waals surface area (Å²) >= 11 is 5.99. The van der Waals surface area contributed by atoms with Crippen molar-refractivity contribution in [3.8, 4) is 5.75 Å². The van der Waals surface area contributed by atoms with Crippen molar-refractivity contribution in [2.24, 2.45) is 11.7 Å². The van der Waals surface area contributed by atoms with Gasteiger partial charge in [0, 0.05) is 24.7 Å². The van der Waals surface area contributed by atoms with E-state index in [2.05, 4.69) is 10.3 Å². The zero-order chi connectivity index (χ0) is 19.6. The van der Waals surface area contributed by atoms with Crippen LogP contribution in [0.2, 0.25) is 5.02 Å². The standard InChI is InChI=1S/C19H26ClN5O2/c1-19(2,21)17-12-25(23-22-17)11-13-6-8-24(9-7-13)18(26)15-5-4-14(20)10-16(15)27-3/h4-5,10,12-13H,6-9,11,21H2,1-3H3. The van der Waals surface area contributed by atoms with Crippen LogP contribution in [0.5, 0.6) is 5.75 Å². The van der Waals surface area contributed by atoms with Crippen LogP contribution in [0.4, 0.5) is 0 Å². The molecule has 0 unspecified atom stereocenters. The third kappa shape index (κ3) is 4.59. The van der Waals surface area contributed by atoms with Gasteiger partial charge in [0.1, 0.15) is 11.4 Å². The summed E-state index contributed by atoms with van der Waals surface area (Å²) in [7, 11) is 1.55. The lowest BCUT2D eigenvalue weighted by Gasteiger charge is -2.32. The van der Waals surface area contributed by atoms with Gasteiger partial charge in [0.15, 0.2) is 0 Å². The van der Waals surface area contributed by atoms with Crippen LogP contribution in [-0.4, -0.2) is 46.0 Å². The number of amides is 1. The molecule has 27 heavy (non-hydrogen) atoms. The molecule has 1 fully saturated rings. The summed E-state index contributed by atoms with van der Waals surface area (Å²) in [5, 5.41) is 8.90. The Morgan fingerprint density at radius 3 is 2.67 bits per heavy atom. The minimum Gasteiger partial charge on any atom is -0.496 e. The Morgan fingerprint density at radius 1 is 1.37 bits per heavy atom. The van der Waals surface area contributed by atoms with Crippen LogP contribution in [-0.2, 0) is 12.1 Å². The number of likely N-dealkylation sites (tertiary alicyclic amines) is 1. The topological polar surface area (TPSA) is 86.3 Å². The maximum absolute atomic E-state index is 12.8. The Hall–Kier alpha value is -2.12. The minimum absolute atomic E-state index is 0.0186. The second kappa shape index (κ2) is 7.86. The monoisotopic (exact) mass is 391 g/mol. The largest absolute Gasteiger partial charge is 0.496 e. The Labute approximate surface area is 164 Å². The van der Waals surface area contributed by atoms with E-state index in [4.69, 9.17) is 22.1 Å². The van der Waals surface area contributed by atoms with Crippen molar-refractivity contribution in [1.29, 1.82) is 0 Å². The first kappa shape index (κ1) is 19.6. The number of hydrogen-bond donors (Lipinski definition) is 1. The molecule has 0 atom stereocenters. The fraction of sp³-hybridized carbons (Fsp3) is 0.526. The van der Waals surface area contributed by atoms with E-state index in [0.29, 0.717) is 35.3 Å². The molecular weight excluding hydrogens is 366 g/mol. The lowest BCUT2D eigenvalue weighted by Crippen LogP contribution is -2.39. The van der Waals surface area contributed by atoms with Crippen LogP contribution in [0, 0.1) is 5.92 Å². The van der Waals surface area contributed by atoms with Gasteiger partial charge in [-0.15, -0.1) is 5.10 Å². The van der Waals surface area contributed by atoms with Gasteiger partial charge in [-0.25, -0.2) is 0 Å². The van der Waals surface area contributed by atoms with Crippen LogP contribution in [0.25, 0.3) is 0 Å². The van der Waals surface area contributed by atoms with Gasteiger partial charge in [0.25, 0.3) is 5.91 Å². The number of ether oxygens (including phenoxy) is 1. The van der Waals surface area contributed by atoms with Crippen LogP contribution in [0.15, 0.2) is 24.4 Å². The molecule has 0 spiro atoms. The van der Waals surface area contributed by atoms with Gasteiger partial charge in [-0.05, 0) is 50.8 Å². The van der Waals surface area contributed by atoms with E-state index in [1.807, 2.05) is 29.6 Å². The first-order valence-electron chi connectivity index (χ1n) is 9.10. The van der Waals surface area contributed by atoms with Gasteiger partial charge in [-0.2, -0.15) is 0 Å². The van der Waals surface area contributed by atoms with Crippen molar-refractivity contribution in [3.05, 3.63) is 40.7 Å². The molecule has 0 radical (unpaired) electrons. The summed E-state index contributed by atoms with van der Waals surface area (Å²) < 4.78 is 7.16. The molecule has 7 nitrogen and oxygen atoms in total. The van der Waals surface area contributed by atoms with Crippen LogP contribution < -0.4 is 10.5 Å². The molecule has 2 aromatic rings. The van der Waals surface area contributed by atoms with E-state index in [1.54, 1.807) is 25.3 Å². The lowest BCUT2D eigenvalue weighted by molar-refractivity contribution is 0.0677. The molecule has 3 rings (SSSR count). The highest BCUT2D eigenvalue weighted by atomic mass is 35.5. The number of halogens is 1. The van der Waals surface area contributed by atoms with E-state index in [-0.39, 0.29) is 5.91 Å². The number of carbonyl (C=O) groups is 1. The second-order valence-electron chi connectivity index (χ2n) is 7.63. The van der Waals surface area contributed by atoms with Crippen molar-refractivity contribution in [3.63, 3.8) is 0 Å². The highest BCUT2D eigenvalue weighted by molar-refractivity contribution is 6.30. The van der Waals surface area contributed by atoms with Crippen LogP contribution in [0.3, 0.4) is 0 Å². The summed E-state index contributed by atoms with van der Waals surface area (Å²) in [6, 6.07) is 5.11. The van der Waals surface area contributed by atoms with Crippen molar-refractivity contribution in [2.45, 2.75) is 38.8 Å². The zero-order valence-electron chi connectivity index (χ0n) is 16.0. The van der Waals surface area contributed by atoms with E-state index in [1.165, 1.54) is 0 Å². The summed E-state index contributed by atoms with van der Waals surface area (Å²) in [6.07, 6.45) is 3.75. The molecule has 1 aromatic carbocycles. The molecule has 0 saturated carbocycles. The van der Waals surface area contributed by atoms with Crippen molar-refractivity contribution >= 4 is 17.5 Å². The van der Waals surface area contributed by atoms with Gasteiger partial charge in [-0.3, -0.25) is 9.48 Å². The molecule has 2 N–H and O–H groups in total. The number of nitrogens with zero attached hydrogens (tertiary/aromatic N) is 4. The van der Waals surface area contributed by atoms with E-state index >= 15 is 0 Å². The van der Waals surface area contributed by atoms with Gasteiger partial charge in [0.05, 0.1) is 24.4 Å². The molecule has 1 aromatic heterocycles. The van der Waals surface area contributed by atoms with E-state index in [0.717, 1.165) is 25.1 Å². The average Bonchev–Trinajstić information content (AvgIpc) is 3.10. The number of hydrogen-bond acceptors (Lipinski definition) is 5. The predicted molar refractivity (Wildman–Crippen MR) is 104 cm³/mol. The summed E-state index contributed by atoms with van der Waals surface area (Å²) in [5.74, 6) is 0.945. The van der Waals surface area contributed by atoms with Crippen molar-refractivity contribution in [2.75, 3.05) is 20.2 Å². The molecule has 1 amide bonds. The quantitative estimate of drug-likeness (QED) is 0.846. The van der Waals surface area contributed by atoms with Gasteiger partial charge >= 0.3 is 0 Å². The summed E-state index contributed by atoms with van der Waals surface area (Å²) in [5.41, 5.74) is 6.90. The number of benzene rings is 1.